The number of anilines is 1. The van der Waals surface area contributed by atoms with E-state index in [2.05, 4.69) is 5.32 Å². The lowest BCUT2D eigenvalue weighted by atomic mass is 10.1. The lowest BCUT2D eigenvalue weighted by molar-refractivity contribution is -0.119. The Morgan fingerprint density at radius 2 is 1.70 bits per heavy atom. The number of sulfonamides is 1. The second-order valence-corrected chi connectivity index (χ2v) is 9.19. The average molecular weight is 387 g/mol. The molecule has 0 spiro atoms. The molecule has 1 aliphatic heterocycles. The lowest BCUT2D eigenvalue weighted by Gasteiger charge is -2.25. The van der Waals surface area contributed by atoms with E-state index in [-0.39, 0.29) is 5.91 Å². The summed E-state index contributed by atoms with van der Waals surface area (Å²) in [7, 11) is -3.74. The van der Waals surface area contributed by atoms with Crippen LogP contribution in [0.2, 0.25) is 0 Å². The third-order valence-corrected chi connectivity index (χ3v) is 7.18. The van der Waals surface area contributed by atoms with Gasteiger partial charge in [-0.15, -0.1) is 0 Å². The van der Waals surface area contributed by atoms with E-state index in [0.29, 0.717) is 30.0 Å². The Morgan fingerprint density at radius 1 is 1.04 bits per heavy atom. The number of aryl methyl sites for hydroxylation is 4. The van der Waals surface area contributed by atoms with Crippen LogP contribution in [0.25, 0.3) is 0 Å². The first-order valence-corrected chi connectivity index (χ1v) is 10.6. The monoisotopic (exact) mass is 386 g/mol. The van der Waals surface area contributed by atoms with Crippen LogP contribution in [-0.2, 0) is 14.8 Å². The maximum absolute atomic E-state index is 13.4. The topological polar surface area (TPSA) is 66.5 Å². The van der Waals surface area contributed by atoms with Gasteiger partial charge in [0.15, 0.2) is 0 Å². The highest BCUT2D eigenvalue weighted by Crippen LogP contribution is 2.31. The molecule has 0 aromatic heterocycles. The van der Waals surface area contributed by atoms with Gasteiger partial charge in [0.25, 0.3) is 0 Å². The van der Waals surface area contributed by atoms with Crippen molar-refractivity contribution in [2.24, 2.45) is 0 Å². The summed E-state index contributed by atoms with van der Waals surface area (Å²) in [5.74, 6) is -0.274. The Kier molecular flexibility index (Phi) is 5.40. The predicted molar refractivity (Wildman–Crippen MR) is 107 cm³/mol. The van der Waals surface area contributed by atoms with Crippen LogP contribution in [0.1, 0.15) is 35.1 Å². The van der Waals surface area contributed by atoms with E-state index in [1.807, 2.05) is 64.1 Å². The van der Waals surface area contributed by atoms with Gasteiger partial charge in [0.05, 0.1) is 4.90 Å². The summed E-state index contributed by atoms with van der Waals surface area (Å²) in [6, 6.07) is 10.6. The molecule has 2 aromatic carbocycles. The van der Waals surface area contributed by atoms with E-state index in [0.717, 1.165) is 22.3 Å². The molecule has 1 N–H and O–H groups in total. The van der Waals surface area contributed by atoms with E-state index >= 15 is 0 Å². The predicted octanol–water partition coefficient (Wildman–Crippen LogP) is 3.71. The van der Waals surface area contributed by atoms with Gasteiger partial charge in [-0.05, 0) is 69.4 Å². The van der Waals surface area contributed by atoms with Crippen molar-refractivity contribution < 1.29 is 13.2 Å². The minimum Gasteiger partial charge on any atom is -0.325 e. The van der Waals surface area contributed by atoms with Crippen molar-refractivity contribution in [3.63, 3.8) is 0 Å². The van der Waals surface area contributed by atoms with Crippen LogP contribution in [0, 0.1) is 27.7 Å². The van der Waals surface area contributed by atoms with Crippen molar-refractivity contribution in [3.8, 4) is 0 Å². The highest BCUT2D eigenvalue weighted by molar-refractivity contribution is 7.89. The smallest absolute Gasteiger partial charge is 0.244 e. The summed E-state index contributed by atoms with van der Waals surface area (Å²) in [5, 5.41) is 2.87. The number of hydrogen-bond acceptors (Lipinski definition) is 3. The zero-order valence-electron chi connectivity index (χ0n) is 16.2. The van der Waals surface area contributed by atoms with Gasteiger partial charge in [0.2, 0.25) is 15.9 Å². The van der Waals surface area contributed by atoms with E-state index < -0.39 is 16.1 Å². The second kappa shape index (κ2) is 7.44. The number of nitrogens with zero attached hydrogens (tertiary/aromatic N) is 1. The van der Waals surface area contributed by atoms with Gasteiger partial charge in [0, 0.05) is 12.2 Å². The van der Waals surface area contributed by atoms with Crippen LogP contribution in [0.4, 0.5) is 5.69 Å². The highest BCUT2D eigenvalue weighted by Gasteiger charge is 2.40. The molecule has 1 atom stereocenters. The van der Waals surface area contributed by atoms with E-state index in [9.17, 15) is 13.2 Å². The third kappa shape index (κ3) is 3.92. The first-order valence-electron chi connectivity index (χ1n) is 9.17. The number of carbonyl (C=O) groups excluding carboxylic acids is 1. The van der Waals surface area contributed by atoms with Gasteiger partial charge in [-0.3, -0.25) is 4.79 Å². The molecule has 0 aliphatic carbocycles. The minimum atomic E-state index is -3.74. The Hall–Kier alpha value is -2.18. The number of nitrogens with one attached hydrogen (secondary N) is 1. The van der Waals surface area contributed by atoms with Crippen molar-refractivity contribution in [3.05, 3.63) is 58.7 Å². The van der Waals surface area contributed by atoms with Crippen molar-refractivity contribution in [2.45, 2.75) is 51.5 Å². The fourth-order valence-corrected chi connectivity index (χ4v) is 6.00. The van der Waals surface area contributed by atoms with Gasteiger partial charge in [-0.1, -0.05) is 29.8 Å². The molecule has 6 heteroatoms. The number of amides is 1. The minimum absolute atomic E-state index is 0.274. The standard InChI is InChI=1S/C21H26N2O3S/c1-14-7-5-8-18(13-14)22-21(24)19-9-6-10-23(19)27(25,26)20-16(3)11-15(2)12-17(20)4/h5,7-8,11-13,19H,6,9-10H2,1-4H3,(H,22,24). The van der Waals surface area contributed by atoms with Gasteiger partial charge >= 0.3 is 0 Å². The fourth-order valence-electron chi connectivity index (χ4n) is 3.93. The van der Waals surface area contributed by atoms with Gasteiger partial charge in [-0.2, -0.15) is 4.31 Å². The van der Waals surface area contributed by atoms with E-state index in [4.69, 9.17) is 0 Å². The molecule has 1 saturated heterocycles. The second-order valence-electron chi connectivity index (χ2n) is 7.36. The fraction of sp³-hybridized carbons (Fsp3) is 0.381. The zero-order valence-corrected chi connectivity index (χ0v) is 17.1. The molecule has 5 nitrogen and oxygen atoms in total. The van der Waals surface area contributed by atoms with Crippen LogP contribution in [-0.4, -0.2) is 31.2 Å². The summed E-state index contributed by atoms with van der Waals surface area (Å²) in [5.41, 5.74) is 4.19. The largest absolute Gasteiger partial charge is 0.325 e. The van der Waals surface area contributed by atoms with Crippen LogP contribution < -0.4 is 5.32 Å². The summed E-state index contributed by atoms with van der Waals surface area (Å²) >= 11 is 0. The molecule has 1 heterocycles. The normalized spacial score (nSPS) is 17.9. The Morgan fingerprint density at radius 3 is 2.33 bits per heavy atom. The quantitative estimate of drug-likeness (QED) is 0.871. The number of rotatable bonds is 4. The molecule has 0 radical (unpaired) electrons. The third-order valence-electron chi connectivity index (χ3n) is 4.96. The number of hydrogen-bond donors (Lipinski definition) is 1. The van der Waals surface area contributed by atoms with Gasteiger partial charge in [0.1, 0.15) is 6.04 Å². The van der Waals surface area contributed by atoms with Crippen molar-refractivity contribution in [1.82, 2.24) is 4.31 Å². The summed E-state index contributed by atoms with van der Waals surface area (Å²) < 4.78 is 28.1. The van der Waals surface area contributed by atoms with Crippen LogP contribution in [0.5, 0.6) is 0 Å². The van der Waals surface area contributed by atoms with Crippen molar-refractivity contribution >= 4 is 21.6 Å². The molecular weight excluding hydrogens is 360 g/mol. The Labute approximate surface area is 161 Å². The highest BCUT2D eigenvalue weighted by atomic mass is 32.2. The van der Waals surface area contributed by atoms with Crippen molar-refractivity contribution in [2.75, 3.05) is 11.9 Å². The average Bonchev–Trinajstić information content (AvgIpc) is 3.04. The van der Waals surface area contributed by atoms with Crippen LogP contribution in [0.3, 0.4) is 0 Å². The molecule has 1 amide bonds. The molecule has 27 heavy (non-hydrogen) atoms. The van der Waals surface area contributed by atoms with E-state index in [1.54, 1.807) is 0 Å². The summed E-state index contributed by atoms with van der Waals surface area (Å²) in [6.45, 7) is 7.88. The molecular formula is C21H26N2O3S. The van der Waals surface area contributed by atoms with Gasteiger partial charge in [-0.25, -0.2) is 8.42 Å². The molecule has 0 saturated carbocycles. The van der Waals surface area contributed by atoms with Crippen molar-refractivity contribution in [1.29, 1.82) is 0 Å². The van der Waals surface area contributed by atoms with E-state index in [1.165, 1.54) is 4.31 Å². The SMILES string of the molecule is Cc1cccc(NC(=O)C2CCCN2S(=O)(=O)c2c(C)cc(C)cc2C)c1. The summed E-state index contributed by atoms with van der Waals surface area (Å²) in [6.07, 6.45) is 1.20. The van der Waals surface area contributed by atoms with Crippen LogP contribution in [0.15, 0.2) is 41.3 Å². The lowest BCUT2D eigenvalue weighted by Crippen LogP contribution is -2.43. The molecule has 1 unspecified atom stereocenters. The van der Waals surface area contributed by atoms with Crippen LogP contribution >= 0.6 is 0 Å². The Balaban J connectivity index is 1.90. The number of benzene rings is 2. The first-order chi connectivity index (χ1) is 12.7. The molecule has 2 aromatic rings. The number of carbonyl (C=O) groups is 1. The molecule has 1 fully saturated rings. The zero-order chi connectivity index (χ0) is 19.8. The summed E-state index contributed by atoms with van der Waals surface area (Å²) in [4.78, 5) is 13.1. The van der Waals surface area contributed by atoms with Gasteiger partial charge < -0.3 is 5.32 Å². The maximum Gasteiger partial charge on any atom is 0.244 e. The molecule has 144 valence electrons. The maximum atomic E-state index is 13.4. The Bertz CT molecular complexity index is 960. The molecule has 1 aliphatic rings. The first kappa shape index (κ1) is 19.6. The molecule has 0 bridgehead atoms. The molecule has 3 rings (SSSR count).